The van der Waals surface area contributed by atoms with E-state index >= 15 is 0 Å². The Bertz CT molecular complexity index is 1260. The number of methoxy groups -OCH3 is 1. The summed E-state index contributed by atoms with van der Waals surface area (Å²) in [6, 6.07) is 4.65. The van der Waals surface area contributed by atoms with Crippen LogP contribution in [0.15, 0.2) is 29.4 Å². The summed E-state index contributed by atoms with van der Waals surface area (Å²) in [5, 5.41) is 14.1. The van der Waals surface area contributed by atoms with Crippen LogP contribution >= 0.6 is 11.6 Å². The second-order valence-electron chi connectivity index (χ2n) is 7.51. The summed E-state index contributed by atoms with van der Waals surface area (Å²) in [7, 11) is -1.92. The number of ether oxygens (including phenoxy) is 1. The molecule has 0 aliphatic carbocycles. The molecule has 0 saturated carbocycles. The number of sulfone groups is 1. The van der Waals surface area contributed by atoms with Crippen LogP contribution in [-0.2, 0) is 9.84 Å². The fourth-order valence-corrected chi connectivity index (χ4v) is 4.85. The second kappa shape index (κ2) is 9.37. The average Bonchev–Trinajstić information content (AvgIpc) is 3.13. The molecule has 3 aromatic rings. The average molecular weight is 494 g/mol. The van der Waals surface area contributed by atoms with Gasteiger partial charge in [-0.15, -0.1) is 5.10 Å². The first-order valence-electron chi connectivity index (χ1n) is 10.1. The fraction of sp³-hybridized carbons (Fsp3) is 0.368. The van der Waals surface area contributed by atoms with Gasteiger partial charge in [0.25, 0.3) is 0 Å². The minimum atomic E-state index is -3.44. The van der Waals surface area contributed by atoms with Crippen LogP contribution < -0.4 is 26.4 Å². The molecule has 33 heavy (non-hydrogen) atoms. The first kappa shape index (κ1) is 23.0. The number of piperidine rings is 1. The predicted octanol–water partition coefficient (Wildman–Crippen LogP) is 1.61. The van der Waals surface area contributed by atoms with Gasteiger partial charge in [-0.05, 0) is 37.6 Å². The molecule has 12 nitrogen and oxygen atoms in total. The number of hydrogen-bond donors (Lipinski definition) is 4. The molecule has 1 fully saturated rings. The van der Waals surface area contributed by atoms with Crippen molar-refractivity contribution in [3.05, 3.63) is 29.5 Å². The van der Waals surface area contributed by atoms with Crippen molar-refractivity contribution in [2.75, 3.05) is 42.8 Å². The maximum atomic E-state index is 11.8. The van der Waals surface area contributed by atoms with Gasteiger partial charge < -0.3 is 26.4 Å². The quantitative estimate of drug-likeness (QED) is 0.378. The molecule has 2 aromatic heterocycles. The molecule has 5 N–H and O–H groups in total. The van der Waals surface area contributed by atoms with Gasteiger partial charge in [0.15, 0.2) is 15.7 Å². The fourth-order valence-electron chi connectivity index (χ4n) is 3.52. The summed E-state index contributed by atoms with van der Waals surface area (Å²) >= 11 is 6.11. The molecule has 0 radical (unpaired) electrons. The summed E-state index contributed by atoms with van der Waals surface area (Å²) in [5.41, 5.74) is 6.59. The Hall–Kier alpha value is -3.16. The van der Waals surface area contributed by atoms with E-state index in [0.29, 0.717) is 23.1 Å². The van der Waals surface area contributed by atoms with Crippen LogP contribution in [0.3, 0.4) is 0 Å². The van der Waals surface area contributed by atoms with Crippen LogP contribution in [0.5, 0.6) is 5.75 Å². The summed E-state index contributed by atoms with van der Waals surface area (Å²) in [6.45, 7) is 1.82. The lowest BCUT2D eigenvalue weighted by atomic mass is 10.1. The molecule has 14 heteroatoms. The van der Waals surface area contributed by atoms with Gasteiger partial charge in [-0.2, -0.15) is 9.67 Å². The Morgan fingerprint density at radius 1 is 1.33 bits per heavy atom. The Morgan fingerprint density at radius 3 is 2.82 bits per heavy atom. The normalized spacial score (nSPS) is 16.4. The summed E-state index contributed by atoms with van der Waals surface area (Å²) in [6.07, 6.45) is 4.57. The van der Waals surface area contributed by atoms with E-state index in [1.54, 1.807) is 6.07 Å². The van der Waals surface area contributed by atoms with Gasteiger partial charge in [0.2, 0.25) is 23.5 Å². The standard InChI is InChI=1S/C19H24ClN9O3S/c1-32-15-16(25-12-4-3-7-22-9-12)23-10-24-17(15)29-18(21)27-19(28-29)26-11-5-6-14(13(20)8-11)33(2,30)31/h5-6,8,10,12,22H,3-4,7,9H2,1-2H3,(H,23,24,25)(H3,21,26,27,28)/t12-/m0/s1. The zero-order valence-corrected chi connectivity index (χ0v) is 19.6. The van der Waals surface area contributed by atoms with Gasteiger partial charge in [0.05, 0.1) is 17.0 Å². The van der Waals surface area contributed by atoms with Crippen molar-refractivity contribution in [3.8, 4) is 11.6 Å². The van der Waals surface area contributed by atoms with Crippen LogP contribution in [-0.4, -0.2) is 65.6 Å². The number of halogens is 1. The van der Waals surface area contributed by atoms with Crippen LogP contribution in [0.1, 0.15) is 12.8 Å². The lowest BCUT2D eigenvalue weighted by molar-refractivity contribution is 0.406. The van der Waals surface area contributed by atoms with E-state index in [-0.39, 0.29) is 27.9 Å². The Balaban J connectivity index is 1.61. The molecule has 1 aliphatic rings. The molecule has 1 aliphatic heterocycles. The predicted molar refractivity (Wildman–Crippen MR) is 125 cm³/mol. The van der Waals surface area contributed by atoms with Crippen molar-refractivity contribution in [2.45, 2.75) is 23.8 Å². The van der Waals surface area contributed by atoms with Crippen LogP contribution in [0.2, 0.25) is 5.02 Å². The van der Waals surface area contributed by atoms with E-state index in [1.807, 2.05) is 0 Å². The highest BCUT2D eigenvalue weighted by molar-refractivity contribution is 7.90. The number of nitrogens with two attached hydrogens (primary N) is 1. The molecule has 176 valence electrons. The first-order chi connectivity index (χ1) is 15.8. The van der Waals surface area contributed by atoms with E-state index in [9.17, 15) is 8.42 Å². The monoisotopic (exact) mass is 493 g/mol. The maximum absolute atomic E-state index is 11.8. The molecule has 0 amide bonds. The third-order valence-electron chi connectivity index (χ3n) is 5.05. The molecule has 0 unspecified atom stereocenters. The van der Waals surface area contributed by atoms with Crippen LogP contribution in [0.4, 0.5) is 23.4 Å². The zero-order chi connectivity index (χ0) is 23.6. The van der Waals surface area contributed by atoms with Gasteiger partial charge in [-0.1, -0.05) is 11.6 Å². The number of anilines is 4. The topological polar surface area (TPSA) is 162 Å². The van der Waals surface area contributed by atoms with Crippen molar-refractivity contribution in [1.82, 2.24) is 30.0 Å². The van der Waals surface area contributed by atoms with Crippen molar-refractivity contribution < 1.29 is 13.2 Å². The Labute approximate surface area is 195 Å². The van der Waals surface area contributed by atoms with Gasteiger partial charge in [0, 0.05) is 24.5 Å². The molecule has 0 bridgehead atoms. The van der Waals surface area contributed by atoms with Crippen molar-refractivity contribution in [3.63, 3.8) is 0 Å². The second-order valence-corrected chi connectivity index (χ2v) is 9.91. The van der Waals surface area contributed by atoms with E-state index in [0.717, 1.165) is 32.2 Å². The SMILES string of the molecule is COc1c(N[C@H]2CCCNC2)ncnc1-n1nc(Nc2ccc(S(C)(=O)=O)c(Cl)c2)nc1N. The van der Waals surface area contributed by atoms with Crippen molar-refractivity contribution in [2.24, 2.45) is 0 Å². The first-order valence-corrected chi connectivity index (χ1v) is 12.4. The minimum Gasteiger partial charge on any atom is -0.490 e. The zero-order valence-electron chi connectivity index (χ0n) is 18.0. The molecular weight excluding hydrogens is 470 g/mol. The highest BCUT2D eigenvalue weighted by Gasteiger charge is 2.22. The molecule has 3 heterocycles. The van der Waals surface area contributed by atoms with Gasteiger partial charge in [-0.3, -0.25) is 0 Å². The van der Waals surface area contributed by atoms with E-state index in [2.05, 4.69) is 36.0 Å². The van der Waals surface area contributed by atoms with Crippen molar-refractivity contribution in [1.29, 1.82) is 0 Å². The number of benzene rings is 1. The molecule has 4 rings (SSSR count). The summed E-state index contributed by atoms with van der Waals surface area (Å²) in [5.74, 6) is 1.47. The third kappa shape index (κ3) is 5.10. The van der Waals surface area contributed by atoms with Gasteiger partial charge >= 0.3 is 0 Å². The highest BCUT2D eigenvalue weighted by Crippen LogP contribution is 2.31. The van der Waals surface area contributed by atoms with E-state index < -0.39 is 9.84 Å². The number of rotatable bonds is 7. The van der Waals surface area contributed by atoms with Gasteiger partial charge in [-0.25, -0.2) is 18.4 Å². The smallest absolute Gasteiger partial charge is 0.248 e. The minimum absolute atomic E-state index is 0.0339. The number of nitrogen functional groups attached to an aromatic ring is 1. The largest absolute Gasteiger partial charge is 0.490 e. The molecule has 1 aromatic carbocycles. The maximum Gasteiger partial charge on any atom is 0.248 e. The number of aromatic nitrogens is 5. The van der Waals surface area contributed by atoms with Crippen LogP contribution in [0, 0.1) is 0 Å². The number of nitrogens with zero attached hydrogens (tertiary/aromatic N) is 5. The third-order valence-corrected chi connectivity index (χ3v) is 6.63. The lowest BCUT2D eigenvalue weighted by Crippen LogP contribution is -2.38. The lowest BCUT2D eigenvalue weighted by Gasteiger charge is -2.25. The molecular formula is C19H24ClN9O3S. The Kier molecular flexibility index (Phi) is 6.54. The summed E-state index contributed by atoms with van der Waals surface area (Å²) in [4.78, 5) is 12.8. The molecule has 1 saturated heterocycles. The summed E-state index contributed by atoms with van der Waals surface area (Å²) < 4.78 is 30.4. The highest BCUT2D eigenvalue weighted by atomic mass is 35.5. The van der Waals surface area contributed by atoms with E-state index in [1.165, 1.54) is 30.3 Å². The molecule has 0 spiro atoms. The number of hydrogen-bond acceptors (Lipinski definition) is 11. The molecule has 1 atom stereocenters. The van der Waals surface area contributed by atoms with Gasteiger partial charge in [0.1, 0.15) is 6.33 Å². The number of nitrogens with one attached hydrogen (secondary N) is 3. The van der Waals surface area contributed by atoms with Crippen molar-refractivity contribution >= 4 is 44.8 Å². The van der Waals surface area contributed by atoms with Crippen LogP contribution in [0.25, 0.3) is 5.82 Å². The van der Waals surface area contributed by atoms with E-state index in [4.69, 9.17) is 22.1 Å². The Morgan fingerprint density at radius 2 is 2.15 bits per heavy atom.